The lowest BCUT2D eigenvalue weighted by Gasteiger charge is -2.09. The van der Waals surface area contributed by atoms with Gasteiger partial charge < -0.3 is 9.30 Å². The van der Waals surface area contributed by atoms with E-state index in [9.17, 15) is 0 Å². The van der Waals surface area contributed by atoms with Crippen molar-refractivity contribution in [2.45, 2.75) is 38.3 Å². The predicted molar refractivity (Wildman–Crippen MR) is 59.9 cm³/mol. The van der Waals surface area contributed by atoms with Gasteiger partial charge in [0, 0.05) is 13.2 Å². The van der Waals surface area contributed by atoms with Crippen molar-refractivity contribution in [1.82, 2.24) is 9.55 Å². The number of hydrogen-bond acceptors (Lipinski definition) is 4. The van der Waals surface area contributed by atoms with Gasteiger partial charge in [-0.05, 0) is 25.7 Å². The maximum Gasteiger partial charge on any atom is 0.176 e. The number of imidazole rings is 1. The summed E-state index contributed by atoms with van der Waals surface area (Å²) in [5.41, 5.74) is 0.574. The SMILES string of the molecule is N#Cc1ncn(CCCC2CCCO2)c1C#N. The summed E-state index contributed by atoms with van der Waals surface area (Å²) in [5.74, 6) is 0. The van der Waals surface area contributed by atoms with Crippen LogP contribution >= 0.6 is 0 Å². The fraction of sp³-hybridized carbons (Fsp3) is 0.583. The third kappa shape index (κ3) is 2.64. The zero-order valence-electron chi connectivity index (χ0n) is 9.59. The summed E-state index contributed by atoms with van der Waals surface area (Å²) in [6.45, 7) is 1.59. The molecule has 1 aliphatic heterocycles. The molecule has 0 N–H and O–H groups in total. The summed E-state index contributed by atoms with van der Waals surface area (Å²) < 4.78 is 7.28. The van der Waals surface area contributed by atoms with Gasteiger partial charge in [0.1, 0.15) is 12.1 Å². The van der Waals surface area contributed by atoms with Gasteiger partial charge in [-0.3, -0.25) is 0 Å². The van der Waals surface area contributed by atoms with Gasteiger partial charge in [0.05, 0.1) is 12.4 Å². The lowest BCUT2D eigenvalue weighted by Crippen LogP contribution is -2.07. The monoisotopic (exact) mass is 230 g/mol. The molecule has 1 aromatic rings. The Balaban J connectivity index is 1.88. The number of hydrogen-bond donors (Lipinski definition) is 0. The Bertz CT molecular complexity index is 460. The van der Waals surface area contributed by atoms with Crippen molar-refractivity contribution in [2.75, 3.05) is 6.61 Å². The summed E-state index contributed by atoms with van der Waals surface area (Å²) >= 11 is 0. The maximum atomic E-state index is 8.94. The number of nitrogens with zero attached hydrogens (tertiary/aromatic N) is 4. The van der Waals surface area contributed by atoms with Crippen molar-refractivity contribution >= 4 is 0 Å². The Morgan fingerprint density at radius 2 is 2.35 bits per heavy atom. The normalized spacial score (nSPS) is 18.8. The Morgan fingerprint density at radius 1 is 1.47 bits per heavy atom. The van der Waals surface area contributed by atoms with Crippen LogP contribution in [0.4, 0.5) is 0 Å². The third-order valence-corrected chi connectivity index (χ3v) is 3.00. The molecule has 0 amide bonds. The van der Waals surface area contributed by atoms with E-state index in [1.54, 1.807) is 10.9 Å². The first-order chi connectivity index (χ1) is 8.35. The zero-order valence-corrected chi connectivity index (χ0v) is 9.59. The van der Waals surface area contributed by atoms with E-state index in [-0.39, 0.29) is 5.69 Å². The number of aromatic nitrogens is 2. The van der Waals surface area contributed by atoms with Gasteiger partial charge in [-0.15, -0.1) is 0 Å². The molecule has 5 heteroatoms. The lowest BCUT2D eigenvalue weighted by atomic mass is 10.1. The largest absolute Gasteiger partial charge is 0.378 e. The quantitative estimate of drug-likeness (QED) is 0.787. The molecule has 1 unspecified atom stereocenters. The molecular weight excluding hydrogens is 216 g/mol. The molecule has 0 radical (unpaired) electrons. The second-order valence-corrected chi connectivity index (χ2v) is 4.14. The zero-order chi connectivity index (χ0) is 12.1. The highest BCUT2D eigenvalue weighted by Crippen LogP contribution is 2.17. The van der Waals surface area contributed by atoms with Crippen LogP contribution in [-0.4, -0.2) is 22.3 Å². The number of rotatable bonds is 4. The molecule has 1 atom stereocenters. The third-order valence-electron chi connectivity index (χ3n) is 3.00. The molecule has 0 aliphatic carbocycles. The molecular formula is C12H14N4O. The van der Waals surface area contributed by atoms with Crippen LogP contribution in [-0.2, 0) is 11.3 Å². The van der Waals surface area contributed by atoms with Crippen LogP contribution in [0.3, 0.4) is 0 Å². The standard InChI is InChI=1S/C12H14N4O/c13-7-11-12(8-14)16(9-15-11)5-1-3-10-4-2-6-17-10/h9-10H,1-6H2. The molecule has 17 heavy (non-hydrogen) atoms. The smallest absolute Gasteiger partial charge is 0.176 e. The average Bonchev–Trinajstić information content (AvgIpc) is 2.97. The summed E-state index contributed by atoms with van der Waals surface area (Å²) in [6, 6.07) is 3.94. The molecule has 0 spiro atoms. The molecule has 0 saturated carbocycles. The van der Waals surface area contributed by atoms with Crippen LogP contribution in [0.5, 0.6) is 0 Å². The van der Waals surface area contributed by atoms with Gasteiger partial charge in [-0.2, -0.15) is 10.5 Å². The maximum absolute atomic E-state index is 8.94. The number of ether oxygens (including phenoxy) is 1. The van der Waals surface area contributed by atoms with Crippen molar-refractivity contribution in [1.29, 1.82) is 10.5 Å². The lowest BCUT2D eigenvalue weighted by molar-refractivity contribution is 0.101. The van der Waals surface area contributed by atoms with Crippen molar-refractivity contribution in [3.05, 3.63) is 17.7 Å². The van der Waals surface area contributed by atoms with Crippen LogP contribution in [0.15, 0.2) is 6.33 Å². The first-order valence-electron chi connectivity index (χ1n) is 5.82. The second-order valence-electron chi connectivity index (χ2n) is 4.14. The van der Waals surface area contributed by atoms with Crippen molar-refractivity contribution in [3.8, 4) is 12.1 Å². The predicted octanol–water partition coefficient (Wildman–Crippen LogP) is 1.59. The van der Waals surface area contributed by atoms with E-state index in [0.29, 0.717) is 11.8 Å². The minimum Gasteiger partial charge on any atom is -0.378 e. The fourth-order valence-electron chi connectivity index (χ4n) is 2.11. The molecule has 2 rings (SSSR count). The van der Waals surface area contributed by atoms with Gasteiger partial charge in [0.25, 0.3) is 0 Å². The molecule has 2 heterocycles. The minimum absolute atomic E-state index is 0.213. The van der Waals surface area contributed by atoms with Gasteiger partial charge in [0.15, 0.2) is 11.4 Å². The van der Waals surface area contributed by atoms with E-state index in [2.05, 4.69) is 4.98 Å². The summed E-state index contributed by atoms with van der Waals surface area (Å²) in [5, 5.41) is 17.7. The van der Waals surface area contributed by atoms with E-state index >= 15 is 0 Å². The molecule has 0 aromatic carbocycles. The first kappa shape index (κ1) is 11.6. The molecule has 5 nitrogen and oxygen atoms in total. The molecule has 1 fully saturated rings. The highest BCUT2D eigenvalue weighted by Gasteiger charge is 2.15. The Labute approximate surface area is 100 Å². The summed E-state index contributed by atoms with van der Waals surface area (Å²) in [7, 11) is 0. The fourth-order valence-corrected chi connectivity index (χ4v) is 2.11. The molecule has 1 aliphatic rings. The average molecular weight is 230 g/mol. The minimum atomic E-state index is 0.213. The van der Waals surface area contributed by atoms with Crippen LogP contribution in [0.1, 0.15) is 37.1 Å². The van der Waals surface area contributed by atoms with Crippen molar-refractivity contribution in [3.63, 3.8) is 0 Å². The molecule has 88 valence electrons. The van der Waals surface area contributed by atoms with Gasteiger partial charge in [0.2, 0.25) is 0 Å². The van der Waals surface area contributed by atoms with Gasteiger partial charge >= 0.3 is 0 Å². The van der Waals surface area contributed by atoms with Gasteiger partial charge in [-0.25, -0.2) is 4.98 Å². The van der Waals surface area contributed by atoms with Crippen LogP contribution in [0.25, 0.3) is 0 Å². The highest BCUT2D eigenvalue weighted by atomic mass is 16.5. The van der Waals surface area contributed by atoms with Crippen LogP contribution in [0, 0.1) is 22.7 Å². The van der Waals surface area contributed by atoms with Crippen LogP contribution in [0.2, 0.25) is 0 Å². The van der Waals surface area contributed by atoms with E-state index in [1.165, 1.54) is 0 Å². The van der Waals surface area contributed by atoms with E-state index in [0.717, 1.165) is 38.8 Å². The number of nitriles is 2. The summed E-state index contributed by atoms with van der Waals surface area (Å²) in [4.78, 5) is 3.90. The molecule has 0 bridgehead atoms. The Kier molecular flexibility index (Phi) is 3.74. The van der Waals surface area contributed by atoms with Gasteiger partial charge in [-0.1, -0.05) is 0 Å². The highest BCUT2D eigenvalue weighted by molar-refractivity contribution is 5.35. The van der Waals surface area contributed by atoms with Crippen molar-refractivity contribution in [2.24, 2.45) is 0 Å². The Morgan fingerprint density at radius 3 is 3.00 bits per heavy atom. The van der Waals surface area contributed by atoms with E-state index in [4.69, 9.17) is 15.3 Å². The second kappa shape index (κ2) is 5.47. The van der Waals surface area contributed by atoms with Crippen LogP contribution < -0.4 is 0 Å². The van der Waals surface area contributed by atoms with E-state index in [1.807, 2.05) is 12.1 Å². The summed E-state index contributed by atoms with van der Waals surface area (Å²) in [6.07, 6.45) is 6.17. The molecule has 1 aromatic heterocycles. The first-order valence-corrected chi connectivity index (χ1v) is 5.82. The molecule has 1 saturated heterocycles. The Hall–Kier alpha value is -1.85. The van der Waals surface area contributed by atoms with Crippen molar-refractivity contribution < 1.29 is 4.74 Å². The number of aryl methyl sites for hydroxylation is 1. The topological polar surface area (TPSA) is 74.6 Å². The van der Waals surface area contributed by atoms with E-state index < -0.39 is 0 Å².